The van der Waals surface area contributed by atoms with E-state index in [1.807, 2.05) is 30.3 Å². The lowest BCUT2D eigenvalue weighted by Crippen LogP contribution is -2.12. The van der Waals surface area contributed by atoms with E-state index in [2.05, 4.69) is 62.7 Å². The van der Waals surface area contributed by atoms with Gasteiger partial charge in [0.25, 0.3) is 0 Å². The molecule has 3 heterocycles. The topological polar surface area (TPSA) is 101 Å². The van der Waals surface area contributed by atoms with Crippen molar-refractivity contribution < 1.29 is 4.74 Å². The Hall–Kier alpha value is -3.33. The molecule has 0 spiro atoms. The second kappa shape index (κ2) is 7.35. The van der Waals surface area contributed by atoms with Gasteiger partial charge in [-0.25, -0.2) is 9.97 Å². The van der Waals surface area contributed by atoms with Gasteiger partial charge in [-0.3, -0.25) is 0 Å². The molecule has 2 N–H and O–H groups in total. The van der Waals surface area contributed by atoms with Crippen LogP contribution >= 0.6 is 11.3 Å². The minimum atomic E-state index is -0.0478. The van der Waals surface area contributed by atoms with E-state index in [4.69, 9.17) is 4.74 Å². The zero-order valence-electron chi connectivity index (χ0n) is 15.7. The van der Waals surface area contributed by atoms with Gasteiger partial charge in [-0.2, -0.15) is 5.21 Å². The first-order valence-electron chi connectivity index (χ1n) is 8.70. The number of pyridine rings is 1. The van der Waals surface area contributed by atoms with Crippen LogP contribution in [0.5, 0.6) is 11.6 Å². The molecule has 0 saturated carbocycles. The molecule has 0 saturated heterocycles. The minimum absolute atomic E-state index is 0.0478. The summed E-state index contributed by atoms with van der Waals surface area (Å²) in [6.45, 7) is 6.46. The Morgan fingerprint density at radius 3 is 2.71 bits per heavy atom. The van der Waals surface area contributed by atoms with E-state index in [9.17, 15) is 0 Å². The number of thiazole rings is 1. The predicted octanol–water partition coefficient (Wildman–Crippen LogP) is 4.55. The van der Waals surface area contributed by atoms with E-state index < -0.39 is 0 Å². The van der Waals surface area contributed by atoms with Crippen molar-refractivity contribution in [2.24, 2.45) is 0 Å². The molecule has 142 valence electrons. The summed E-state index contributed by atoms with van der Waals surface area (Å²) in [6.07, 6.45) is 3.40. The molecule has 9 heteroatoms. The summed E-state index contributed by atoms with van der Waals surface area (Å²) in [4.78, 5) is 9.58. The van der Waals surface area contributed by atoms with Crippen molar-refractivity contribution in [1.82, 2.24) is 30.6 Å². The Bertz CT molecular complexity index is 1070. The van der Waals surface area contributed by atoms with Gasteiger partial charge in [0.05, 0.1) is 11.1 Å². The molecule has 0 aliphatic heterocycles. The Labute approximate surface area is 166 Å². The van der Waals surface area contributed by atoms with Crippen LogP contribution in [0.4, 0.5) is 10.8 Å². The highest BCUT2D eigenvalue weighted by atomic mass is 32.1. The van der Waals surface area contributed by atoms with Gasteiger partial charge in [-0.15, -0.1) is 10.2 Å². The highest BCUT2D eigenvalue weighted by molar-refractivity contribution is 7.18. The van der Waals surface area contributed by atoms with Crippen molar-refractivity contribution >= 4 is 22.2 Å². The lowest BCUT2D eigenvalue weighted by atomic mass is 9.86. The van der Waals surface area contributed by atoms with Crippen LogP contribution in [-0.2, 0) is 5.41 Å². The van der Waals surface area contributed by atoms with Crippen LogP contribution in [-0.4, -0.2) is 30.6 Å². The molecule has 0 aliphatic rings. The monoisotopic (exact) mass is 393 g/mol. The van der Waals surface area contributed by atoms with E-state index >= 15 is 0 Å². The van der Waals surface area contributed by atoms with E-state index in [-0.39, 0.29) is 5.41 Å². The van der Waals surface area contributed by atoms with Crippen LogP contribution in [0.1, 0.15) is 26.3 Å². The quantitative estimate of drug-likeness (QED) is 0.513. The zero-order valence-corrected chi connectivity index (χ0v) is 16.5. The minimum Gasteiger partial charge on any atom is -0.437 e. The van der Waals surface area contributed by atoms with E-state index in [0.29, 0.717) is 16.8 Å². The maximum absolute atomic E-state index is 6.18. The molecule has 0 amide bonds. The van der Waals surface area contributed by atoms with Crippen LogP contribution in [0, 0.1) is 0 Å². The summed E-state index contributed by atoms with van der Waals surface area (Å²) in [5.41, 5.74) is 1.79. The van der Waals surface area contributed by atoms with Gasteiger partial charge in [0.2, 0.25) is 11.7 Å². The van der Waals surface area contributed by atoms with Gasteiger partial charge in [0.1, 0.15) is 11.4 Å². The van der Waals surface area contributed by atoms with Crippen molar-refractivity contribution in [2.75, 3.05) is 5.32 Å². The summed E-state index contributed by atoms with van der Waals surface area (Å²) in [6, 6.07) is 11.7. The average Bonchev–Trinajstić information content (AvgIpc) is 3.34. The maximum Gasteiger partial charge on any atom is 0.243 e. The molecule has 4 aromatic rings. The molecule has 4 rings (SSSR count). The van der Waals surface area contributed by atoms with Crippen molar-refractivity contribution in [3.63, 3.8) is 0 Å². The Balaban J connectivity index is 1.60. The van der Waals surface area contributed by atoms with Gasteiger partial charge in [-0.05, 0) is 28.8 Å². The molecule has 8 nitrogen and oxygen atoms in total. The highest BCUT2D eigenvalue weighted by Crippen LogP contribution is 2.37. The Morgan fingerprint density at radius 2 is 1.93 bits per heavy atom. The molecule has 0 radical (unpaired) electrons. The molecular formula is C19H19N7OS. The molecule has 0 unspecified atom stereocenters. The predicted molar refractivity (Wildman–Crippen MR) is 108 cm³/mol. The fourth-order valence-corrected chi connectivity index (χ4v) is 3.42. The van der Waals surface area contributed by atoms with Crippen LogP contribution < -0.4 is 10.1 Å². The average molecular weight is 393 g/mol. The third-order valence-corrected chi connectivity index (χ3v) is 4.89. The lowest BCUT2D eigenvalue weighted by molar-refractivity contribution is 0.442. The molecule has 28 heavy (non-hydrogen) atoms. The second-order valence-corrected chi connectivity index (χ2v) is 8.13. The number of rotatable bonds is 5. The number of H-pyrrole nitrogens is 1. The fraction of sp³-hybridized carbons (Fsp3) is 0.211. The number of para-hydroxylation sites is 1. The summed E-state index contributed by atoms with van der Waals surface area (Å²) in [5, 5.41) is 17.9. The third kappa shape index (κ3) is 3.84. The van der Waals surface area contributed by atoms with E-state index in [0.717, 1.165) is 21.9 Å². The van der Waals surface area contributed by atoms with Crippen molar-refractivity contribution in [2.45, 2.75) is 26.2 Å². The number of nitrogens with one attached hydrogen (secondary N) is 2. The first-order chi connectivity index (χ1) is 13.5. The SMILES string of the molecule is CC(C)(C)c1ccccc1Oc1ncccc1Nc1ncc(-c2nn[nH]n2)s1. The van der Waals surface area contributed by atoms with Crippen molar-refractivity contribution in [3.8, 4) is 22.3 Å². The molecular weight excluding hydrogens is 374 g/mol. The summed E-state index contributed by atoms with van der Waals surface area (Å²) in [7, 11) is 0. The van der Waals surface area contributed by atoms with Gasteiger partial charge >= 0.3 is 0 Å². The summed E-state index contributed by atoms with van der Waals surface area (Å²) >= 11 is 1.42. The number of aromatic amines is 1. The molecule has 1 aromatic carbocycles. The number of tetrazole rings is 1. The number of nitrogens with zero attached hydrogens (tertiary/aromatic N) is 5. The molecule has 0 bridgehead atoms. The van der Waals surface area contributed by atoms with Gasteiger partial charge in [-0.1, -0.05) is 50.3 Å². The first-order valence-corrected chi connectivity index (χ1v) is 9.51. The van der Waals surface area contributed by atoms with Crippen LogP contribution in [0.2, 0.25) is 0 Å². The Morgan fingerprint density at radius 1 is 1.07 bits per heavy atom. The fourth-order valence-electron chi connectivity index (χ4n) is 2.66. The standard InChI is InChI=1S/C19H19N7OS/c1-19(2,3)12-7-4-5-9-14(12)27-17-13(8-6-10-20-17)22-18-21-11-15(28-18)16-23-25-26-24-16/h4-11H,1-3H3,(H,21,22)(H,23,24,25,26). The maximum atomic E-state index is 6.18. The van der Waals surface area contributed by atoms with Gasteiger partial charge < -0.3 is 10.1 Å². The Kier molecular flexibility index (Phi) is 4.74. The number of anilines is 2. The molecule has 3 aromatic heterocycles. The van der Waals surface area contributed by atoms with Crippen molar-refractivity contribution in [3.05, 3.63) is 54.4 Å². The first kappa shape index (κ1) is 18.1. The second-order valence-electron chi connectivity index (χ2n) is 7.09. The summed E-state index contributed by atoms with van der Waals surface area (Å²) < 4.78 is 6.18. The largest absolute Gasteiger partial charge is 0.437 e. The number of hydrogen-bond acceptors (Lipinski definition) is 8. The van der Waals surface area contributed by atoms with Crippen LogP contribution in [0.25, 0.3) is 10.7 Å². The zero-order chi connectivity index (χ0) is 19.6. The van der Waals surface area contributed by atoms with Gasteiger partial charge in [0, 0.05) is 11.8 Å². The number of aromatic nitrogens is 6. The molecule has 0 aliphatic carbocycles. The summed E-state index contributed by atoms with van der Waals surface area (Å²) in [5.74, 6) is 1.77. The number of benzene rings is 1. The smallest absolute Gasteiger partial charge is 0.243 e. The van der Waals surface area contributed by atoms with E-state index in [1.165, 1.54) is 11.3 Å². The molecule has 0 fully saturated rings. The number of ether oxygens (including phenoxy) is 1. The molecule has 0 atom stereocenters. The van der Waals surface area contributed by atoms with Gasteiger partial charge in [0.15, 0.2) is 5.13 Å². The highest BCUT2D eigenvalue weighted by Gasteiger charge is 2.20. The van der Waals surface area contributed by atoms with E-state index in [1.54, 1.807) is 12.4 Å². The van der Waals surface area contributed by atoms with Crippen LogP contribution in [0.3, 0.4) is 0 Å². The lowest BCUT2D eigenvalue weighted by Gasteiger charge is -2.22. The number of hydrogen-bond donors (Lipinski definition) is 2. The normalized spacial score (nSPS) is 11.4. The van der Waals surface area contributed by atoms with Crippen LogP contribution in [0.15, 0.2) is 48.8 Å². The third-order valence-electron chi connectivity index (χ3n) is 3.99. The van der Waals surface area contributed by atoms with Crippen molar-refractivity contribution in [1.29, 1.82) is 0 Å².